The summed E-state index contributed by atoms with van der Waals surface area (Å²) in [6.45, 7) is 5.21. The van der Waals surface area contributed by atoms with Crippen LogP contribution in [0, 0.1) is 17.0 Å². The van der Waals surface area contributed by atoms with E-state index in [0.29, 0.717) is 18.1 Å². The van der Waals surface area contributed by atoms with E-state index in [1.807, 2.05) is 12.4 Å². The monoisotopic (exact) mass is 388 g/mol. The third-order valence-electron chi connectivity index (χ3n) is 5.95. The van der Waals surface area contributed by atoms with Crippen molar-refractivity contribution in [1.82, 2.24) is 19.8 Å². The third kappa shape index (κ3) is 4.15. The smallest absolute Gasteiger partial charge is 0.316 e. The largest absolute Gasteiger partial charge is 0.467 e. The molecule has 0 aliphatic carbocycles. The first kappa shape index (κ1) is 19.2. The van der Waals surface area contributed by atoms with Crippen LogP contribution in [0.1, 0.15) is 30.4 Å². The number of hydrogen-bond donors (Lipinski definition) is 0. The maximum absolute atomic E-state index is 14.1. The molecule has 0 bridgehead atoms. The van der Waals surface area contributed by atoms with E-state index in [9.17, 15) is 8.78 Å². The minimum absolute atomic E-state index is 0.232. The lowest BCUT2D eigenvalue weighted by atomic mass is 9.79. The van der Waals surface area contributed by atoms with Crippen LogP contribution in [0.25, 0.3) is 0 Å². The van der Waals surface area contributed by atoms with Crippen molar-refractivity contribution >= 4 is 0 Å². The second-order valence-corrected chi connectivity index (χ2v) is 8.07. The molecule has 2 aliphatic heterocycles. The molecule has 0 radical (unpaired) electrons. The first-order valence-electron chi connectivity index (χ1n) is 9.79. The van der Waals surface area contributed by atoms with Gasteiger partial charge in [0.1, 0.15) is 0 Å². The number of methoxy groups -OCH3 is 1. The van der Waals surface area contributed by atoms with E-state index in [-0.39, 0.29) is 5.41 Å². The van der Waals surface area contributed by atoms with Gasteiger partial charge < -0.3 is 4.74 Å². The van der Waals surface area contributed by atoms with Gasteiger partial charge in [-0.3, -0.25) is 9.80 Å². The van der Waals surface area contributed by atoms with Crippen LogP contribution in [0.15, 0.2) is 30.6 Å². The number of hydrogen-bond acceptors (Lipinski definition) is 5. The summed E-state index contributed by atoms with van der Waals surface area (Å²) < 4.78 is 32.6. The van der Waals surface area contributed by atoms with E-state index in [2.05, 4.69) is 19.8 Å². The van der Waals surface area contributed by atoms with Gasteiger partial charge in [-0.25, -0.2) is 18.7 Å². The highest BCUT2D eigenvalue weighted by molar-refractivity contribution is 5.19. The number of nitrogens with zero attached hydrogens (tertiary/aromatic N) is 4. The molecule has 150 valence electrons. The first-order valence-corrected chi connectivity index (χ1v) is 9.79. The zero-order valence-electron chi connectivity index (χ0n) is 16.2. The van der Waals surface area contributed by atoms with Gasteiger partial charge in [0, 0.05) is 49.7 Å². The van der Waals surface area contributed by atoms with E-state index in [1.165, 1.54) is 12.5 Å². The molecule has 2 fully saturated rings. The SMILES string of the molecule is COc1ncc(CN2CC[C@@]3(CCCN(Cc4cccc(F)c4F)C3)C2)cn1. The predicted molar refractivity (Wildman–Crippen MR) is 102 cm³/mol. The van der Waals surface area contributed by atoms with Gasteiger partial charge in [-0.15, -0.1) is 0 Å². The first-order chi connectivity index (χ1) is 13.6. The van der Waals surface area contributed by atoms with Crippen molar-refractivity contribution in [1.29, 1.82) is 0 Å². The van der Waals surface area contributed by atoms with Gasteiger partial charge >= 0.3 is 6.01 Å². The summed E-state index contributed by atoms with van der Waals surface area (Å²) in [5.74, 6) is -1.48. The Morgan fingerprint density at radius 1 is 1.04 bits per heavy atom. The Morgan fingerprint density at radius 2 is 1.79 bits per heavy atom. The molecule has 1 aromatic carbocycles. The lowest BCUT2D eigenvalue weighted by Crippen LogP contribution is -2.44. The van der Waals surface area contributed by atoms with Crippen LogP contribution in [0.4, 0.5) is 8.78 Å². The Bertz CT molecular complexity index is 817. The van der Waals surface area contributed by atoms with Crippen LogP contribution < -0.4 is 4.74 Å². The molecule has 2 aliphatic rings. The number of halogens is 2. The molecule has 0 N–H and O–H groups in total. The maximum Gasteiger partial charge on any atom is 0.316 e. The van der Waals surface area contributed by atoms with Crippen LogP contribution in [0.2, 0.25) is 0 Å². The van der Waals surface area contributed by atoms with Gasteiger partial charge in [0.2, 0.25) is 0 Å². The molecule has 0 saturated carbocycles. The molecule has 3 heterocycles. The van der Waals surface area contributed by atoms with Crippen molar-refractivity contribution in [3.63, 3.8) is 0 Å². The second-order valence-electron chi connectivity index (χ2n) is 8.07. The standard InChI is InChI=1S/C21H26F2N4O/c1-28-20-24-10-16(11-25-20)12-27-9-7-21(15-27)6-3-8-26(14-21)13-17-4-2-5-18(22)19(17)23/h2,4-5,10-11H,3,6-9,12-15H2,1H3/t21-/m1/s1. The molecular weight excluding hydrogens is 362 g/mol. The molecule has 2 saturated heterocycles. The number of piperidine rings is 1. The van der Waals surface area contributed by atoms with Crippen molar-refractivity contribution < 1.29 is 13.5 Å². The van der Waals surface area contributed by atoms with Gasteiger partial charge in [0.25, 0.3) is 0 Å². The summed E-state index contributed by atoms with van der Waals surface area (Å²) in [4.78, 5) is 13.1. The van der Waals surface area contributed by atoms with Gasteiger partial charge in [-0.05, 0) is 43.8 Å². The van der Waals surface area contributed by atoms with Crippen molar-refractivity contribution in [2.75, 3.05) is 33.3 Å². The summed E-state index contributed by atoms with van der Waals surface area (Å²) >= 11 is 0. The molecular formula is C21H26F2N4O. The summed E-state index contributed by atoms with van der Waals surface area (Å²) in [5, 5.41) is 0. The Balaban J connectivity index is 1.37. The highest BCUT2D eigenvalue weighted by Gasteiger charge is 2.41. The van der Waals surface area contributed by atoms with Crippen molar-refractivity contribution in [3.8, 4) is 6.01 Å². The fraction of sp³-hybridized carbons (Fsp3) is 0.524. The average molecular weight is 388 g/mol. The molecule has 5 nitrogen and oxygen atoms in total. The predicted octanol–water partition coefficient (Wildman–Crippen LogP) is 3.25. The van der Waals surface area contributed by atoms with Crippen LogP contribution >= 0.6 is 0 Å². The molecule has 1 spiro atoms. The van der Waals surface area contributed by atoms with Crippen LogP contribution in [0.3, 0.4) is 0 Å². The van der Waals surface area contributed by atoms with Gasteiger partial charge in [-0.2, -0.15) is 0 Å². The molecule has 0 unspecified atom stereocenters. The molecule has 4 rings (SSSR count). The van der Waals surface area contributed by atoms with Crippen LogP contribution in [-0.4, -0.2) is 53.1 Å². The zero-order chi connectivity index (χ0) is 19.6. The Hall–Kier alpha value is -2.12. The van der Waals surface area contributed by atoms with E-state index >= 15 is 0 Å². The Kier molecular flexibility index (Phi) is 5.55. The normalized spacial score (nSPS) is 23.4. The van der Waals surface area contributed by atoms with E-state index < -0.39 is 11.6 Å². The lowest BCUT2D eigenvalue weighted by Gasteiger charge is -2.40. The number of benzene rings is 1. The maximum atomic E-state index is 14.1. The van der Waals surface area contributed by atoms with E-state index in [0.717, 1.165) is 51.1 Å². The molecule has 1 aromatic heterocycles. The molecule has 0 amide bonds. The number of likely N-dealkylation sites (tertiary alicyclic amines) is 2. The number of ether oxygens (including phenoxy) is 1. The zero-order valence-corrected chi connectivity index (χ0v) is 16.2. The topological polar surface area (TPSA) is 41.5 Å². The highest BCUT2D eigenvalue weighted by atomic mass is 19.2. The number of rotatable bonds is 5. The van der Waals surface area contributed by atoms with Crippen LogP contribution in [-0.2, 0) is 13.1 Å². The Morgan fingerprint density at radius 3 is 2.54 bits per heavy atom. The number of aromatic nitrogens is 2. The Labute approximate surface area is 164 Å². The molecule has 1 atom stereocenters. The summed E-state index contributed by atoms with van der Waals surface area (Å²) in [7, 11) is 1.56. The van der Waals surface area contributed by atoms with Gasteiger partial charge in [0.05, 0.1) is 7.11 Å². The minimum Gasteiger partial charge on any atom is -0.467 e. The second kappa shape index (κ2) is 8.09. The third-order valence-corrected chi connectivity index (χ3v) is 5.95. The summed E-state index contributed by atoms with van der Waals surface area (Å²) in [6.07, 6.45) is 7.04. The molecule has 28 heavy (non-hydrogen) atoms. The average Bonchev–Trinajstić information content (AvgIpc) is 3.07. The van der Waals surface area contributed by atoms with Gasteiger partial charge in [0.15, 0.2) is 11.6 Å². The summed E-state index contributed by atoms with van der Waals surface area (Å²) in [5.41, 5.74) is 1.75. The van der Waals surface area contributed by atoms with E-state index in [4.69, 9.17) is 4.74 Å². The van der Waals surface area contributed by atoms with Crippen molar-refractivity contribution in [3.05, 3.63) is 53.4 Å². The van der Waals surface area contributed by atoms with E-state index in [1.54, 1.807) is 19.2 Å². The summed E-state index contributed by atoms with van der Waals surface area (Å²) in [6, 6.07) is 4.83. The quantitative estimate of drug-likeness (QED) is 0.787. The minimum atomic E-state index is -0.766. The van der Waals surface area contributed by atoms with Crippen molar-refractivity contribution in [2.45, 2.75) is 32.4 Å². The highest BCUT2D eigenvalue weighted by Crippen LogP contribution is 2.39. The van der Waals surface area contributed by atoms with Crippen molar-refractivity contribution in [2.24, 2.45) is 5.41 Å². The fourth-order valence-electron chi connectivity index (χ4n) is 4.64. The molecule has 2 aromatic rings. The lowest BCUT2D eigenvalue weighted by molar-refractivity contribution is 0.0856. The van der Waals surface area contributed by atoms with Gasteiger partial charge in [-0.1, -0.05) is 12.1 Å². The fourth-order valence-corrected chi connectivity index (χ4v) is 4.64. The molecule has 7 heteroatoms. The van der Waals surface area contributed by atoms with Crippen LogP contribution in [0.5, 0.6) is 6.01 Å².